The van der Waals surface area contributed by atoms with Crippen molar-refractivity contribution in [3.8, 4) is 0 Å². The summed E-state index contributed by atoms with van der Waals surface area (Å²) in [5, 5.41) is 8.51. The van der Waals surface area contributed by atoms with Crippen molar-refractivity contribution in [3.05, 3.63) is 0 Å². The fourth-order valence-electron chi connectivity index (χ4n) is 1.82. The molecule has 1 saturated heterocycles. The van der Waals surface area contributed by atoms with Crippen molar-refractivity contribution >= 4 is 23.6 Å². The third-order valence-corrected chi connectivity index (χ3v) is 3.57. The number of ether oxygens (including phenoxy) is 2. The van der Waals surface area contributed by atoms with E-state index in [4.69, 9.17) is 26.4 Å². The maximum Gasteiger partial charge on any atom is 0.257 e. The van der Waals surface area contributed by atoms with Crippen molar-refractivity contribution in [3.63, 3.8) is 0 Å². The van der Waals surface area contributed by atoms with Crippen LogP contribution in [0.2, 0.25) is 0 Å². The number of nitrogens with zero attached hydrogens (tertiary/aromatic N) is 2. The average molecular weight is 309 g/mol. The summed E-state index contributed by atoms with van der Waals surface area (Å²) in [7, 11) is 0. The van der Waals surface area contributed by atoms with Crippen molar-refractivity contribution in [2.45, 2.75) is 19.4 Å². The lowest BCUT2D eigenvalue weighted by atomic mass is 10.0. The predicted molar refractivity (Wildman–Crippen MR) is 72.1 cm³/mol. The van der Waals surface area contributed by atoms with E-state index in [1.807, 2.05) is 0 Å². The molecule has 1 N–H and O–H groups in total. The molecular formula is C12H21ClN2O5. The molecule has 1 rings (SSSR count). The van der Waals surface area contributed by atoms with E-state index in [1.165, 1.54) is 4.90 Å². The Morgan fingerprint density at radius 2 is 1.80 bits per heavy atom. The highest BCUT2D eigenvalue weighted by atomic mass is 35.5. The minimum atomic E-state index is -1.04. The lowest BCUT2D eigenvalue weighted by molar-refractivity contribution is -0.156. The van der Waals surface area contributed by atoms with Crippen LogP contribution in [0.1, 0.15) is 13.8 Å². The Morgan fingerprint density at radius 3 is 2.40 bits per heavy atom. The SMILES string of the molecule is CC1(C)C(=O)N(CCOCCOCCO)CC(=O)N1Cl. The molecule has 0 aromatic carbocycles. The zero-order valence-electron chi connectivity index (χ0n) is 11.8. The fourth-order valence-corrected chi connectivity index (χ4v) is 1.95. The van der Waals surface area contributed by atoms with Gasteiger partial charge in [-0.15, -0.1) is 0 Å². The van der Waals surface area contributed by atoms with Gasteiger partial charge in [0.05, 0.1) is 33.0 Å². The third kappa shape index (κ3) is 4.31. The number of amides is 2. The van der Waals surface area contributed by atoms with Crippen molar-refractivity contribution in [1.82, 2.24) is 9.32 Å². The molecule has 8 heteroatoms. The number of piperazine rings is 1. The van der Waals surface area contributed by atoms with Gasteiger partial charge < -0.3 is 19.5 Å². The molecule has 116 valence electrons. The smallest absolute Gasteiger partial charge is 0.257 e. The Hall–Kier alpha value is -0.890. The summed E-state index contributed by atoms with van der Waals surface area (Å²) >= 11 is 5.82. The minimum Gasteiger partial charge on any atom is -0.394 e. The number of carbonyl (C=O) groups is 2. The molecule has 1 aliphatic rings. The molecule has 0 spiro atoms. The van der Waals surface area contributed by atoms with Crippen LogP contribution in [0.3, 0.4) is 0 Å². The first-order chi connectivity index (χ1) is 9.41. The van der Waals surface area contributed by atoms with Crippen LogP contribution in [-0.2, 0) is 19.1 Å². The van der Waals surface area contributed by atoms with Gasteiger partial charge in [-0.3, -0.25) is 9.59 Å². The topological polar surface area (TPSA) is 79.3 Å². The molecular weight excluding hydrogens is 288 g/mol. The molecule has 1 fully saturated rings. The van der Waals surface area contributed by atoms with Crippen LogP contribution in [-0.4, -0.2) is 77.9 Å². The molecule has 0 unspecified atom stereocenters. The second kappa shape index (κ2) is 7.78. The summed E-state index contributed by atoms with van der Waals surface area (Å²) in [5.41, 5.74) is -1.04. The first-order valence-electron chi connectivity index (χ1n) is 6.46. The van der Waals surface area contributed by atoms with Gasteiger partial charge in [-0.25, -0.2) is 4.42 Å². The van der Waals surface area contributed by atoms with Crippen molar-refractivity contribution < 1.29 is 24.2 Å². The quantitative estimate of drug-likeness (QED) is 0.488. The second-order valence-electron chi connectivity index (χ2n) is 4.91. The average Bonchev–Trinajstić information content (AvgIpc) is 2.41. The monoisotopic (exact) mass is 308 g/mol. The van der Waals surface area contributed by atoms with E-state index in [-0.39, 0.29) is 31.6 Å². The Labute approximate surface area is 123 Å². The minimum absolute atomic E-state index is 0.0194. The summed E-state index contributed by atoms with van der Waals surface area (Å²) in [6.07, 6.45) is 0. The van der Waals surface area contributed by atoms with Crippen LogP contribution >= 0.6 is 11.8 Å². The van der Waals surface area contributed by atoms with Gasteiger partial charge in [0.2, 0.25) is 5.91 Å². The zero-order chi connectivity index (χ0) is 15.2. The maximum absolute atomic E-state index is 12.1. The first-order valence-corrected chi connectivity index (χ1v) is 6.79. The molecule has 7 nitrogen and oxygen atoms in total. The highest BCUT2D eigenvalue weighted by Gasteiger charge is 2.45. The van der Waals surface area contributed by atoms with Gasteiger partial charge in [0, 0.05) is 18.3 Å². The lowest BCUT2D eigenvalue weighted by Gasteiger charge is -2.41. The molecule has 1 aliphatic heterocycles. The molecule has 0 saturated carbocycles. The summed E-state index contributed by atoms with van der Waals surface area (Å²) < 4.78 is 11.3. The number of hydrogen-bond donors (Lipinski definition) is 1. The van der Waals surface area contributed by atoms with Crippen LogP contribution in [0.15, 0.2) is 0 Å². The normalized spacial score (nSPS) is 18.8. The van der Waals surface area contributed by atoms with E-state index < -0.39 is 5.54 Å². The lowest BCUT2D eigenvalue weighted by Crippen LogP contribution is -2.62. The number of halogens is 1. The number of aliphatic hydroxyl groups is 1. The fraction of sp³-hybridized carbons (Fsp3) is 0.833. The Balaban J connectivity index is 2.30. The van der Waals surface area contributed by atoms with E-state index >= 15 is 0 Å². The molecule has 0 aromatic heterocycles. The molecule has 0 atom stereocenters. The molecule has 1 heterocycles. The van der Waals surface area contributed by atoms with Gasteiger partial charge >= 0.3 is 0 Å². The van der Waals surface area contributed by atoms with E-state index in [2.05, 4.69) is 0 Å². The number of rotatable bonds is 8. The Morgan fingerprint density at radius 1 is 1.20 bits per heavy atom. The highest BCUT2D eigenvalue weighted by molar-refractivity contribution is 6.25. The molecule has 0 radical (unpaired) electrons. The Kier molecular flexibility index (Phi) is 6.67. The summed E-state index contributed by atoms with van der Waals surface area (Å²) in [6, 6.07) is 0. The largest absolute Gasteiger partial charge is 0.394 e. The predicted octanol–water partition coefficient (Wildman–Crippen LogP) is -0.385. The van der Waals surface area contributed by atoms with E-state index in [0.717, 1.165) is 4.42 Å². The molecule has 0 bridgehead atoms. The second-order valence-corrected chi connectivity index (χ2v) is 5.25. The van der Waals surface area contributed by atoms with Gasteiger partial charge in [-0.05, 0) is 13.8 Å². The molecule has 0 aliphatic carbocycles. The van der Waals surface area contributed by atoms with Crippen LogP contribution in [0.4, 0.5) is 0 Å². The van der Waals surface area contributed by atoms with Crippen LogP contribution < -0.4 is 0 Å². The van der Waals surface area contributed by atoms with Gasteiger partial charge in [-0.2, -0.15) is 0 Å². The van der Waals surface area contributed by atoms with Gasteiger partial charge in [0.25, 0.3) is 5.91 Å². The van der Waals surface area contributed by atoms with Gasteiger partial charge in [0.1, 0.15) is 12.1 Å². The first kappa shape index (κ1) is 17.2. The Bertz CT molecular complexity index is 351. The van der Waals surface area contributed by atoms with Crippen molar-refractivity contribution in [1.29, 1.82) is 0 Å². The highest BCUT2D eigenvalue weighted by Crippen LogP contribution is 2.24. The molecule has 0 aromatic rings. The van der Waals surface area contributed by atoms with E-state index in [0.29, 0.717) is 26.4 Å². The van der Waals surface area contributed by atoms with Crippen LogP contribution in [0, 0.1) is 0 Å². The van der Waals surface area contributed by atoms with Crippen LogP contribution in [0.25, 0.3) is 0 Å². The molecule has 20 heavy (non-hydrogen) atoms. The van der Waals surface area contributed by atoms with Crippen LogP contribution in [0.5, 0.6) is 0 Å². The third-order valence-electron chi connectivity index (χ3n) is 2.96. The molecule has 2 amide bonds. The van der Waals surface area contributed by atoms with E-state index in [9.17, 15) is 9.59 Å². The summed E-state index contributed by atoms with van der Waals surface area (Å²) in [5.74, 6) is -0.505. The van der Waals surface area contributed by atoms with Crippen molar-refractivity contribution in [2.75, 3.05) is 46.1 Å². The maximum atomic E-state index is 12.1. The number of hydrogen-bond acceptors (Lipinski definition) is 5. The summed E-state index contributed by atoms with van der Waals surface area (Å²) in [6.45, 7) is 4.85. The standard InChI is InChI=1S/C12H21ClN2O5/c1-12(2)11(18)14(9-10(17)15(12)13)3-5-19-7-8-20-6-4-16/h16H,3-9H2,1-2H3. The summed E-state index contributed by atoms with van der Waals surface area (Å²) in [4.78, 5) is 25.3. The van der Waals surface area contributed by atoms with Crippen molar-refractivity contribution in [2.24, 2.45) is 0 Å². The number of aliphatic hydroxyl groups excluding tert-OH is 1. The zero-order valence-corrected chi connectivity index (χ0v) is 12.6. The number of carbonyl (C=O) groups excluding carboxylic acids is 2. The van der Waals surface area contributed by atoms with Gasteiger partial charge in [0.15, 0.2) is 0 Å². The van der Waals surface area contributed by atoms with Gasteiger partial charge in [-0.1, -0.05) is 0 Å². The van der Waals surface area contributed by atoms with E-state index in [1.54, 1.807) is 13.8 Å².